The van der Waals surface area contributed by atoms with Crippen molar-refractivity contribution >= 4 is 39.1 Å². The third-order valence-corrected chi connectivity index (χ3v) is 8.06. The number of hydrogen-bond donors (Lipinski definition) is 1. The van der Waals surface area contributed by atoms with Gasteiger partial charge in [-0.2, -0.15) is 9.97 Å². The molecule has 37 heavy (non-hydrogen) atoms. The van der Waals surface area contributed by atoms with Crippen molar-refractivity contribution in [3.8, 4) is 17.3 Å². The molecule has 1 aliphatic heterocycles. The first-order chi connectivity index (χ1) is 18.1. The van der Waals surface area contributed by atoms with Gasteiger partial charge in [0.1, 0.15) is 23.1 Å². The first-order valence-electron chi connectivity index (χ1n) is 13.1. The number of ether oxygens (including phenoxy) is 1. The van der Waals surface area contributed by atoms with Crippen molar-refractivity contribution in [3.05, 3.63) is 53.4 Å². The van der Waals surface area contributed by atoms with Gasteiger partial charge in [0.2, 0.25) is 0 Å². The van der Waals surface area contributed by atoms with E-state index >= 15 is 4.39 Å². The number of aliphatic hydroxyl groups is 1. The van der Waals surface area contributed by atoms with Gasteiger partial charge in [-0.05, 0) is 49.0 Å². The monoisotopic (exact) mass is 520 g/mol. The lowest BCUT2D eigenvalue weighted by atomic mass is 9.98. The molecule has 2 aliphatic rings. The van der Waals surface area contributed by atoms with Crippen LogP contribution in [0.5, 0.6) is 6.01 Å². The summed E-state index contributed by atoms with van der Waals surface area (Å²) in [6, 6.07) is 11.4. The summed E-state index contributed by atoms with van der Waals surface area (Å²) in [5.41, 5.74) is 0.966. The van der Waals surface area contributed by atoms with Gasteiger partial charge in [-0.3, -0.25) is 4.98 Å². The van der Waals surface area contributed by atoms with Gasteiger partial charge in [0.25, 0.3) is 0 Å². The van der Waals surface area contributed by atoms with Crippen molar-refractivity contribution in [1.29, 1.82) is 0 Å². The zero-order valence-corrected chi connectivity index (χ0v) is 21.6. The van der Waals surface area contributed by atoms with E-state index in [4.69, 9.17) is 21.3 Å². The fourth-order valence-corrected chi connectivity index (χ4v) is 6.32. The summed E-state index contributed by atoms with van der Waals surface area (Å²) in [5.74, 6) is 1.36. The summed E-state index contributed by atoms with van der Waals surface area (Å²) in [6.07, 6.45) is 6.39. The molecule has 0 radical (unpaired) electrons. The normalized spacial score (nSPS) is 20.1. The second kappa shape index (κ2) is 10.0. The van der Waals surface area contributed by atoms with Crippen molar-refractivity contribution in [1.82, 2.24) is 15.0 Å². The molecule has 4 aromatic rings. The first kappa shape index (κ1) is 24.3. The molecule has 192 valence electrons. The number of aliphatic hydroxyl groups excluding tert-OH is 1. The van der Waals surface area contributed by atoms with Crippen molar-refractivity contribution in [3.63, 3.8) is 0 Å². The van der Waals surface area contributed by atoms with Gasteiger partial charge in [-0.25, -0.2) is 4.39 Å². The molecule has 2 aromatic carbocycles. The molecule has 6 nitrogen and oxygen atoms in total. The number of pyridine rings is 1. The number of anilines is 1. The number of benzene rings is 2. The SMILES string of the molecule is CCC[C@@H](CO)Oc1nc(N2CC3CCC(C3)C2)c2cnc(-c3cccc4cccc(Cl)c34)c(F)c2n1. The van der Waals surface area contributed by atoms with Crippen molar-refractivity contribution in [2.45, 2.75) is 45.1 Å². The maximum absolute atomic E-state index is 16.4. The van der Waals surface area contributed by atoms with E-state index in [0.29, 0.717) is 40.0 Å². The van der Waals surface area contributed by atoms with E-state index < -0.39 is 11.9 Å². The predicted octanol–water partition coefficient (Wildman–Crippen LogP) is 6.41. The van der Waals surface area contributed by atoms with Crippen LogP contribution in [0.4, 0.5) is 10.2 Å². The Hall–Kier alpha value is -3.03. The van der Waals surface area contributed by atoms with Gasteiger partial charge in [0.05, 0.1) is 12.0 Å². The zero-order chi connectivity index (χ0) is 25.5. The Morgan fingerprint density at radius 3 is 2.62 bits per heavy atom. The van der Waals surface area contributed by atoms with Crippen LogP contribution in [0.2, 0.25) is 5.02 Å². The van der Waals surface area contributed by atoms with E-state index in [2.05, 4.69) is 14.9 Å². The van der Waals surface area contributed by atoms with E-state index in [1.54, 1.807) is 12.3 Å². The van der Waals surface area contributed by atoms with Crippen LogP contribution in [0.15, 0.2) is 42.6 Å². The topological polar surface area (TPSA) is 71.4 Å². The van der Waals surface area contributed by atoms with E-state index in [1.165, 1.54) is 19.3 Å². The predicted molar refractivity (Wildman–Crippen MR) is 145 cm³/mol. The summed E-state index contributed by atoms with van der Waals surface area (Å²) >= 11 is 6.54. The maximum atomic E-state index is 16.4. The number of hydrogen-bond acceptors (Lipinski definition) is 6. The lowest BCUT2D eigenvalue weighted by Gasteiger charge is -2.33. The molecule has 1 saturated heterocycles. The summed E-state index contributed by atoms with van der Waals surface area (Å²) in [7, 11) is 0. The maximum Gasteiger partial charge on any atom is 0.319 e. The minimum Gasteiger partial charge on any atom is -0.458 e. The average Bonchev–Trinajstić information content (AvgIpc) is 3.25. The number of piperidine rings is 1. The highest BCUT2D eigenvalue weighted by molar-refractivity contribution is 6.36. The van der Waals surface area contributed by atoms with Crippen LogP contribution in [-0.2, 0) is 0 Å². The van der Waals surface area contributed by atoms with Gasteiger partial charge >= 0.3 is 6.01 Å². The van der Waals surface area contributed by atoms with Crippen molar-refractivity contribution in [2.24, 2.45) is 11.8 Å². The largest absolute Gasteiger partial charge is 0.458 e. The quantitative estimate of drug-likeness (QED) is 0.303. The lowest BCUT2D eigenvalue weighted by Crippen LogP contribution is -2.37. The van der Waals surface area contributed by atoms with Crippen LogP contribution in [0, 0.1) is 17.7 Å². The Morgan fingerprint density at radius 1 is 1.14 bits per heavy atom. The number of fused-ring (bicyclic) bond motifs is 4. The van der Waals surface area contributed by atoms with Gasteiger partial charge in [-0.1, -0.05) is 55.3 Å². The third-order valence-electron chi connectivity index (χ3n) is 7.75. The summed E-state index contributed by atoms with van der Waals surface area (Å²) in [4.78, 5) is 16.1. The summed E-state index contributed by atoms with van der Waals surface area (Å²) < 4.78 is 22.4. The molecule has 2 aromatic heterocycles. The fraction of sp³-hybridized carbons (Fsp3) is 0.414. The number of aromatic nitrogens is 3. The molecule has 3 heterocycles. The highest BCUT2D eigenvalue weighted by atomic mass is 35.5. The van der Waals surface area contributed by atoms with E-state index in [0.717, 1.165) is 30.3 Å². The second-order valence-corrected chi connectivity index (χ2v) is 10.7. The fourth-order valence-electron chi connectivity index (χ4n) is 6.04. The van der Waals surface area contributed by atoms with Crippen LogP contribution in [0.1, 0.15) is 39.0 Å². The highest BCUT2D eigenvalue weighted by Gasteiger charge is 2.35. The molecule has 1 N–H and O–H groups in total. The molecule has 8 heteroatoms. The van der Waals surface area contributed by atoms with E-state index in [1.807, 2.05) is 37.3 Å². The zero-order valence-electron chi connectivity index (χ0n) is 20.8. The lowest BCUT2D eigenvalue weighted by molar-refractivity contribution is 0.0992. The Balaban J connectivity index is 1.52. The number of halogens is 2. The number of nitrogens with zero attached hydrogens (tertiary/aromatic N) is 4. The molecule has 1 saturated carbocycles. The minimum atomic E-state index is -0.533. The van der Waals surface area contributed by atoms with E-state index in [-0.39, 0.29) is 23.8 Å². The summed E-state index contributed by atoms with van der Waals surface area (Å²) in [6.45, 7) is 3.62. The summed E-state index contributed by atoms with van der Waals surface area (Å²) in [5, 5.41) is 12.6. The molecule has 2 unspecified atom stereocenters. The molecule has 0 amide bonds. The molecule has 6 rings (SSSR count). The van der Waals surface area contributed by atoms with Crippen molar-refractivity contribution in [2.75, 3.05) is 24.6 Å². The highest BCUT2D eigenvalue weighted by Crippen LogP contribution is 2.41. The van der Waals surface area contributed by atoms with Crippen LogP contribution in [0.25, 0.3) is 32.9 Å². The molecule has 3 atom stereocenters. The van der Waals surface area contributed by atoms with Gasteiger partial charge in [0.15, 0.2) is 5.82 Å². The third kappa shape index (κ3) is 4.48. The van der Waals surface area contributed by atoms with Crippen LogP contribution in [0.3, 0.4) is 0 Å². The van der Waals surface area contributed by atoms with Crippen molar-refractivity contribution < 1.29 is 14.2 Å². The molecule has 2 bridgehead atoms. The van der Waals surface area contributed by atoms with Crippen LogP contribution >= 0.6 is 11.6 Å². The molecule has 2 fully saturated rings. The minimum absolute atomic E-state index is 0.0833. The smallest absolute Gasteiger partial charge is 0.319 e. The molecule has 0 spiro atoms. The first-order valence-corrected chi connectivity index (χ1v) is 13.5. The van der Waals surface area contributed by atoms with Crippen LogP contribution in [-0.4, -0.2) is 45.9 Å². The molecule has 1 aliphatic carbocycles. The Kier molecular flexibility index (Phi) is 6.59. The average molecular weight is 521 g/mol. The Labute approximate surface area is 220 Å². The van der Waals surface area contributed by atoms with Gasteiger partial charge < -0.3 is 14.7 Å². The number of rotatable bonds is 7. The molecular formula is C29H30ClFN4O2. The second-order valence-electron chi connectivity index (χ2n) is 10.3. The van der Waals surface area contributed by atoms with E-state index in [9.17, 15) is 5.11 Å². The Morgan fingerprint density at radius 2 is 1.89 bits per heavy atom. The molecular weight excluding hydrogens is 491 g/mol. The Bertz CT molecular complexity index is 1450. The van der Waals surface area contributed by atoms with Gasteiger partial charge in [-0.15, -0.1) is 0 Å². The standard InChI is InChI=1S/C29H30ClFN4O2/c1-2-5-20(16-36)37-29-33-27-22(28(34-29)35-14-17-10-11-18(12-17)15-35)13-32-26(25(27)31)21-8-3-6-19-7-4-9-23(30)24(19)21/h3-4,6-9,13,17-18,20,36H,2,5,10-12,14-16H2,1H3/t17?,18?,20-/m0/s1. The van der Waals surface area contributed by atoms with Gasteiger partial charge in [0, 0.05) is 35.3 Å². The van der Waals surface area contributed by atoms with Crippen LogP contribution < -0.4 is 9.64 Å².